The van der Waals surface area contributed by atoms with Gasteiger partial charge in [-0.25, -0.2) is 0 Å². The third kappa shape index (κ3) is 4.95. The molecule has 118 valence electrons. The Morgan fingerprint density at radius 3 is 2.67 bits per heavy atom. The number of benzene rings is 1. The van der Waals surface area contributed by atoms with Crippen molar-refractivity contribution in [1.82, 2.24) is 0 Å². The van der Waals surface area contributed by atoms with Crippen LogP contribution in [0.15, 0.2) is 22.7 Å². The number of aliphatic hydroxyl groups is 1. The minimum atomic E-state index is -0.494. The topological polar surface area (TPSA) is 29.5 Å². The molecule has 4 heteroatoms. The van der Waals surface area contributed by atoms with Crippen molar-refractivity contribution in [2.45, 2.75) is 57.7 Å². The lowest BCUT2D eigenvalue weighted by molar-refractivity contribution is -0.0715. The number of halogens is 2. The van der Waals surface area contributed by atoms with E-state index in [-0.39, 0.29) is 6.10 Å². The average Bonchev–Trinajstić information content (AvgIpc) is 2.48. The minimum absolute atomic E-state index is 0.0741. The number of rotatable bonds is 6. The van der Waals surface area contributed by atoms with Gasteiger partial charge in [-0.2, -0.15) is 0 Å². The van der Waals surface area contributed by atoms with E-state index in [4.69, 9.17) is 16.3 Å². The quantitative estimate of drug-likeness (QED) is 0.759. The van der Waals surface area contributed by atoms with Crippen LogP contribution in [-0.2, 0) is 11.2 Å². The van der Waals surface area contributed by atoms with Crippen LogP contribution in [0.25, 0.3) is 0 Å². The molecule has 2 atom stereocenters. The van der Waals surface area contributed by atoms with E-state index in [2.05, 4.69) is 15.9 Å². The van der Waals surface area contributed by atoms with Gasteiger partial charge in [-0.1, -0.05) is 52.9 Å². The molecule has 1 N–H and O–H groups in total. The van der Waals surface area contributed by atoms with Gasteiger partial charge in [-0.05, 0) is 43.4 Å². The van der Waals surface area contributed by atoms with Crippen LogP contribution in [0, 0.1) is 5.92 Å². The summed E-state index contributed by atoms with van der Waals surface area (Å²) in [6.07, 6.45) is 6.12. The van der Waals surface area contributed by atoms with Crippen LogP contribution in [0.4, 0.5) is 0 Å². The standard InChI is InChI=1S/C17H24BrClO2/c1-2-21-17(12-6-4-3-5-7-12)16(20)10-13-8-9-14(18)11-15(13)19/h8-9,11-12,16-17,20H,2-7,10H2,1H3. The molecule has 1 aromatic rings. The summed E-state index contributed by atoms with van der Waals surface area (Å²) in [5, 5.41) is 11.3. The zero-order chi connectivity index (χ0) is 15.2. The Hall–Kier alpha value is -0.0900. The summed E-state index contributed by atoms with van der Waals surface area (Å²) in [5.74, 6) is 0.475. The van der Waals surface area contributed by atoms with Gasteiger partial charge in [-0.3, -0.25) is 0 Å². The molecule has 0 spiro atoms. The maximum absolute atomic E-state index is 10.6. The van der Waals surface area contributed by atoms with Crippen LogP contribution < -0.4 is 0 Å². The van der Waals surface area contributed by atoms with Crippen LogP contribution in [0.5, 0.6) is 0 Å². The van der Waals surface area contributed by atoms with E-state index in [1.54, 1.807) is 0 Å². The smallest absolute Gasteiger partial charge is 0.0865 e. The first-order valence-corrected chi connectivity index (χ1v) is 9.02. The molecule has 1 saturated carbocycles. The zero-order valence-corrected chi connectivity index (χ0v) is 14.9. The Kier molecular flexibility index (Phi) is 7.00. The molecule has 0 bridgehead atoms. The molecule has 21 heavy (non-hydrogen) atoms. The monoisotopic (exact) mass is 374 g/mol. The van der Waals surface area contributed by atoms with Crippen LogP contribution in [0.2, 0.25) is 5.02 Å². The summed E-state index contributed by atoms with van der Waals surface area (Å²) >= 11 is 9.67. The van der Waals surface area contributed by atoms with E-state index in [1.165, 1.54) is 19.3 Å². The Labute approximate surface area is 141 Å². The lowest BCUT2D eigenvalue weighted by Gasteiger charge is -2.33. The molecular formula is C17H24BrClO2. The van der Waals surface area contributed by atoms with Gasteiger partial charge in [-0.15, -0.1) is 0 Å². The first-order valence-electron chi connectivity index (χ1n) is 7.85. The molecule has 1 fully saturated rings. The second kappa shape index (κ2) is 8.52. The highest BCUT2D eigenvalue weighted by Gasteiger charge is 2.30. The van der Waals surface area contributed by atoms with E-state index in [1.807, 2.05) is 25.1 Å². The molecule has 0 amide bonds. The normalized spacial score (nSPS) is 19.4. The average molecular weight is 376 g/mol. The molecule has 1 aliphatic carbocycles. The molecular weight excluding hydrogens is 352 g/mol. The van der Waals surface area contributed by atoms with Gasteiger partial charge >= 0.3 is 0 Å². The van der Waals surface area contributed by atoms with Crippen molar-refractivity contribution in [3.05, 3.63) is 33.3 Å². The zero-order valence-electron chi connectivity index (χ0n) is 12.5. The lowest BCUT2D eigenvalue weighted by atomic mass is 9.82. The Morgan fingerprint density at radius 2 is 2.05 bits per heavy atom. The predicted octanol–water partition coefficient (Wildman–Crippen LogP) is 4.99. The molecule has 0 aromatic heterocycles. The first kappa shape index (κ1) is 17.3. The summed E-state index contributed by atoms with van der Waals surface area (Å²) in [4.78, 5) is 0. The third-order valence-electron chi connectivity index (χ3n) is 4.30. The molecule has 0 heterocycles. The largest absolute Gasteiger partial charge is 0.390 e. The van der Waals surface area contributed by atoms with E-state index in [9.17, 15) is 5.11 Å². The summed E-state index contributed by atoms with van der Waals surface area (Å²) in [7, 11) is 0. The number of hydrogen-bond donors (Lipinski definition) is 1. The maximum atomic E-state index is 10.6. The summed E-state index contributed by atoms with van der Waals surface area (Å²) in [6, 6.07) is 5.81. The second-order valence-corrected chi connectivity index (χ2v) is 7.15. The minimum Gasteiger partial charge on any atom is -0.390 e. The van der Waals surface area contributed by atoms with Gasteiger partial charge in [0.2, 0.25) is 0 Å². The Balaban J connectivity index is 2.04. The lowest BCUT2D eigenvalue weighted by Crippen LogP contribution is -2.38. The van der Waals surface area contributed by atoms with Crippen molar-refractivity contribution in [2.75, 3.05) is 6.61 Å². The highest BCUT2D eigenvalue weighted by atomic mass is 79.9. The van der Waals surface area contributed by atoms with Crippen molar-refractivity contribution in [3.63, 3.8) is 0 Å². The van der Waals surface area contributed by atoms with Crippen LogP contribution in [0.3, 0.4) is 0 Å². The van der Waals surface area contributed by atoms with Gasteiger partial charge in [0, 0.05) is 22.5 Å². The fourth-order valence-corrected chi connectivity index (χ4v) is 4.00. The first-order chi connectivity index (χ1) is 10.1. The van der Waals surface area contributed by atoms with Gasteiger partial charge in [0.05, 0.1) is 12.2 Å². The summed E-state index contributed by atoms with van der Waals surface area (Å²) in [5.41, 5.74) is 0.980. The van der Waals surface area contributed by atoms with Crippen LogP contribution in [0.1, 0.15) is 44.6 Å². The van der Waals surface area contributed by atoms with Crippen molar-refractivity contribution in [3.8, 4) is 0 Å². The van der Waals surface area contributed by atoms with E-state index in [0.717, 1.165) is 22.9 Å². The number of aliphatic hydroxyl groups excluding tert-OH is 1. The van der Waals surface area contributed by atoms with E-state index < -0.39 is 6.10 Å². The molecule has 2 unspecified atom stereocenters. The fourth-order valence-electron chi connectivity index (χ4n) is 3.25. The molecule has 1 aliphatic rings. The fraction of sp³-hybridized carbons (Fsp3) is 0.647. The van der Waals surface area contributed by atoms with E-state index in [0.29, 0.717) is 24.0 Å². The van der Waals surface area contributed by atoms with E-state index >= 15 is 0 Å². The van der Waals surface area contributed by atoms with Crippen molar-refractivity contribution in [1.29, 1.82) is 0 Å². The number of ether oxygens (including phenoxy) is 1. The maximum Gasteiger partial charge on any atom is 0.0865 e. The molecule has 0 aliphatic heterocycles. The van der Waals surface area contributed by atoms with Gasteiger partial charge < -0.3 is 9.84 Å². The summed E-state index contributed by atoms with van der Waals surface area (Å²) < 4.78 is 6.83. The Bertz CT molecular complexity index is 446. The number of hydrogen-bond acceptors (Lipinski definition) is 2. The predicted molar refractivity (Wildman–Crippen MR) is 90.9 cm³/mol. The van der Waals surface area contributed by atoms with Crippen molar-refractivity contribution >= 4 is 27.5 Å². The van der Waals surface area contributed by atoms with Crippen molar-refractivity contribution in [2.24, 2.45) is 5.92 Å². The third-order valence-corrected chi connectivity index (χ3v) is 5.14. The molecule has 1 aromatic carbocycles. The second-order valence-electron chi connectivity index (χ2n) is 5.83. The summed E-state index contributed by atoms with van der Waals surface area (Å²) in [6.45, 7) is 2.64. The van der Waals surface area contributed by atoms with Crippen molar-refractivity contribution < 1.29 is 9.84 Å². The van der Waals surface area contributed by atoms with Crippen LogP contribution in [-0.4, -0.2) is 23.9 Å². The van der Waals surface area contributed by atoms with Crippen LogP contribution >= 0.6 is 27.5 Å². The van der Waals surface area contributed by atoms with Gasteiger partial charge in [0.25, 0.3) is 0 Å². The van der Waals surface area contributed by atoms with Gasteiger partial charge in [0.1, 0.15) is 0 Å². The van der Waals surface area contributed by atoms with Gasteiger partial charge in [0.15, 0.2) is 0 Å². The molecule has 0 radical (unpaired) electrons. The molecule has 0 saturated heterocycles. The molecule has 2 rings (SSSR count). The molecule has 2 nitrogen and oxygen atoms in total. The Morgan fingerprint density at radius 1 is 1.33 bits per heavy atom. The SMILES string of the molecule is CCOC(C(O)Cc1ccc(Br)cc1Cl)C1CCCCC1. The highest BCUT2D eigenvalue weighted by molar-refractivity contribution is 9.10. The highest BCUT2D eigenvalue weighted by Crippen LogP contribution is 2.31.